The minimum Gasteiger partial charge on any atom is -0.490 e. The smallest absolute Gasteiger partial charge is 0.311 e. The number of rotatable bonds is 5. The molecule has 0 unspecified atom stereocenters. The lowest BCUT2D eigenvalue weighted by Gasteiger charge is -2.13. The number of amides is 2. The molecule has 0 atom stereocenters. The molecular formula is C18H13BrN2O5S. The minimum absolute atomic E-state index is 0.0418. The van der Waals surface area contributed by atoms with Crippen LogP contribution in [0.5, 0.6) is 5.75 Å². The van der Waals surface area contributed by atoms with Crippen LogP contribution in [0.2, 0.25) is 0 Å². The van der Waals surface area contributed by atoms with Crippen molar-refractivity contribution >= 4 is 50.6 Å². The van der Waals surface area contributed by atoms with Crippen molar-refractivity contribution in [3.8, 4) is 5.75 Å². The van der Waals surface area contributed by atoms with Crippen LogP contribution in [-0.2, 0) is 11.3 Å². The van der Waals surface area contributed by atoms with Gasteiger partial charge in [0.15, 0.2) is 0 Å². The Labute approximate surface area is 167 Å². The normalized spacial score (nSPS) is 15.5. The van der Waals surface area contributed by atoms with E-state index < -0.39 is 16.1 Å². The van der Waals surface area contributed by atoms with Crippen molar-refractivity contribution < 1.29 is 19.2 Å². The third-order valence-electron chi connectivity index (χ3n) is 3.87. The molecule has 0 N–H and O–H groups in total. The predicted molar refractivity (Wildman–Crippen MR) is 105 cm³/mol. The van der Waals surface area contributed by atoms with E-state index in [0.717, 1.165) is 26.7 Å². The monoisotopic (exact) mass is 448 g/mol. The highest BCUT2D eigenvalue weighted by Crippen LogP contribution is 2.37. The molecular weight excluding hydrogens is 436 g/mol. The van der Waals surface area contributed by atoms with E-state index >= 15 is 0 Å². The van der Waals surface area contributed by atoms with Gasteiger partial charge < -0.3 is 4.74 Å². The van der Waals surface area contributed by atoms with Gasteiger partial charge in [-0.3, -0.25) is 24.6 Å². The molecule has 1 aliphatic heterocycles. The van der Waals surface area contributed by atoms with E-state index in [1.54, 1.807) is 6.07 Å². The van der Waals surface area contributed by atoms with Crippen LogP contribution in [0, 0.1) is 10.1 Å². The van der Waals surface area contributed by atoms with Gasteiger partial charge in [-0.05, 0) is 29.5 Å². The molecule has 0 spiro atoms. The summed E-state index contributed by atoms with van der Waals surface area (Å²) >= 11 is 4.19. The molecule has 0 bridgehead atoms. The first-order valence-electron chi connectivity index (χ1n) is 7.72. The molecule has 7 nitrogen and oxygen atoms in total. The Morgan fingerprint density at radius 3 is 2.63 bits per heavy atom. The SMILES string of the molecule is COc1c(/C=C2\SC(=O)N(Cc3ccccc3Br)C2=O)cccc1[N+](=O)[O-]. The van der Waals surface area contributed by atoms with Gasteiger partial charge in [0.05, 0.1) is 23.5 Å². The number of para-hydroxylation sites is 1. The molecule has 2 aromatic carbocycles. The fourth-order valence-corrected chi connectivity index (χ4v) is 3.84. The molecule has 0 saturated carbocycles. The van der Waals surface area contributed by atoms with Crippen LogP contribution in [0.15, 0.2) is 51.8 Å². The first-order valence-corrected chi connectivity index (χ1v) is 9.33. The van der Waals surface area contributed by atoms with Crippen molar-refractivity contribution in [2.45, 2.75) is 6.54 Å². The van der Waals surface area contributed by atoms with Gasteiger partial charge in [0.1, 0.15) is 0 Å². The van der Waals surface area contributed by atoms with Gasteiger partial charge in [-0.1, -0.05) is 46.3 Å². The Hall–Kier alpha value is -2.65. The topological polar surface area (TPSA) is 89.8 Å². The number of nitrogens with zero attached hydrogens (tertiary/aromatic N) is 2. The number of imide groups is 1. The molecule has 9 heteroatoms. The number of carbonyl (C=O) groups is 2. The average Bonchev–Trinajstić information content (AvgIpc) is 2.90. The second-order valence-corrected chi connectivity index (χ2v) is 7.36. The summed E-state index contributed by atoms with van der Waals surface area (Å²) in [6, 6.07) is 11.7. The summed E-state index contributed by atoms with van der Waals surface area (Å²) in [6.45, 7) is 0.134. The lowest BCUT2D eigenvalue weighted by Crippen LogP contribution is -2.27. The first-order chi connectivity index (χ1) is 12.9. The second kappa shape index (κ2) is 7.93. The van der Waals surface area contributed by atoms with Gasteiger partial charge >= 0.3 is 5.69 Å². The summed E-state index contributed by atoms with van der Waals surface area (Å²) < 4.78 is 5.94. The molecule has 2 amide bonds. The van der Waals surface area contributed by atoms with Crippen molar-refractivity contribution in [2.75, 3.05) is 7.11 Å². The first kappa shape index (κ1) is 19.1. The summed E-state index contributed by atoms with van der Waals surface area (Å²) in [5.74, 6) is -0.408. The largest absolute Gasteiger partial charge is 0.490 e. The molecule has 2 aromatic rings. The lowest BCUT2D eigenvalue weighted by molar-refractivity contribution is -0.385. The number of thioether (sulfide) groups is 1. The molecule has 1 aliphatic rings. The minimum atomic E-state index is -0.561. The second-order valence-electron chi connectivity index (χ2n) is 5.52. The van der Waals surface area contributed by atoms with E-state index in [1.807, 2.05) is 24.3 Å². The number of nitro groups is 1. The number of hydrogen-bond acceptors (Lipinski definition) is 6. The Morgan fingerprint density at radius 1 is 1.22 bits per heavy atom. The fourth-order valence-electron chi connectivity index (χ4n) is 2.60. The number of carbonyl (C=O) groups excluding carboxylic acids is 2. The molecule has 27 heavy (non-hydrogen) atoms. The Bertz CT molecular complexity index is 976. The van der Waals surface area contributed by atoms with E-state index in [1.165, 1.54) is 25.3 Å². The molecule has 1 saturated heterocycles. The van der Waals surface area contributed by atoms with Crippen LogP contribution in [-0.4, -0.2) is 28.1 Å². The summed E-state index contributed by atoms with van der Waals surface area (Å²) in [7, 11) is 1.32. The molecule has 1 fully saturated rings. The van der Waals surface area contributed by atoms with E-state index in [4.69, 9.17) is 4.74 Å². The maximum atomic E-state index is 12.7. The number of benzene rings is 2. The Kier molecular flexibility index (Phi) is 5.62. The van der Waals surface area contributed by atoms with Gasteiger partial charge in [-0.15, -0.1) is 0 Å². The average molecular weight is 449 g/mol. The standard InChI is InChI=1S/C18H13BrN2O5S/c1-26-16-11(6-4-8-14(16)21(24)25)9-15-17(22)20(18(23)27-15)10-12-5-2-3-7-13(12)19/h2-9H,10H2,1H3/b15-9-. The highest BCUT2D eigenvalue weighted by molar-refractivity contribution is 9.10. The van der Waals surface area contributed by atoms with Crippen LogP contribution >= 0.6 is 27.7 Å². The van der Waals surface area contributed by atoms with Crippen LogP contribution < -0.4 is 4.74 Å². The highest BCUT2D eigenvalue weighted by atomic mass is 79.9. The summed E-state index contributed by atoms with van der Waals surface area (Å²) in [4.78, 5) is 36.9. The maximum Gasteiger partial charge on any atom is 0.311 e. The van der Waals surface area contributed by atoms with Crippen molar-refractivity contribution in [1.82, 2.24) is 4.90 Å². The molecule has 0 radical (unpaired) electrons. The van der Waals surface area contributed by atoms with E-state index in [2.05, 4.69) is 15.9 Å². The van der Waals surface area contributed by atoms with Gasteiger partial charge in [-0.2, -0.15) is 0 Å². The zero-order valence-electron chi connectivity index (χ0n) is 14.0. The highest BCUT2D eigenvalue weighted by Gasteiger charge is 2.35. The van der Waals surface area contributed by atoms with E-state index in [-0.39, 0.29) is 22.9 Å². The number of nitro benzene ring substituents is 1. The van der Waals surface area contributed by atoms with Crippen LogP contribution in [0.1, 0.15) is 11.1 Å². The van der Waals surface area contributed by atoms with Crippen molar-refractivity contribution in [1.29, 1.82) is 0 Å². The summed E-state index contributed by atoms with van der Waals surface area (Å²) in [5, 5.41) is 10.7. The van der Waals surface area contributed by atoms with Gasteiger partial charge in [-0.25, -0.2) is 0 Å². The quantitative estimate of drug-likeness (QED) is 0.377. The fraction of sp³-hybridized carbons (Fsp3) is 0.111. The van der Waals surface area contributed by atoms with E-state index in [9.17, 15) is 19.7 Å². The summed E-state index contributed by atoms with van der Waals surface area (Å²) in [5.41, 5.74) is 0.950. The lowest BCUT2D eigenvalue weighted by atomic mass is 10.1. The van der Waals surface area contributed by atoms with Gasteiger partial charge in [0, 0.05) is 16.1 Å². The molecule has 0 aliphatic carbocycles. The van der Waals surface area contributed by atoms with Crippen molar-refractivity contribution in [3.05, 3.63) is 73.1 Å². The number of halogens is 1. The van der Waals surface area contributed by atoms with Crippen molar-refractivity contribution in [3.63, 3.8) is 0 Å². The Morgan fingerprint density at radius 2 is 1.96 bits per heavy atom. The van der Waals surface area contributed by atoms with Crippen LogP contribution in [0.3, 0.4) is 0 Å². The van der Waals surface area contributed by atoms with Gasteiger partial charge in [0.25, 0.3) is 11.1 Å². The molecule has 0 aromatic heterocycles. The predicted octanol–water partition coefficient (Wildman–Crippen LogP) is 4.60. The summed E-state index contributed by atoms with van der Waals surface area (Å²) in [6.07, 6.45) is 1.44. The third-order valence-corrected chi connectivity index (χ3v) is 5.55. The molecule has 1 heterocycles. The Balaban J connectivity index is 1.92. The zero-order chi connectivity index (χ0) is 19.6. The molecule has 3 rings (SSSR count). The van der Waals surface area contributed by atoms with Crippen LogP contribution in [0.25, 0.3) is 6.08 Å². The number of methoxy groups -OCH3 is 1. The van der Waals surface area contributed by atoms with E-state index in [0.29, 0.717) is 5.56 Å². The van der Waals surface area contributed by atoms with Gasteiger partial charge in [0.2, 0.25) is 5.75 Å². The maximum absolute atomic E-state index is 12.7. The third kappa shape index (κ3) is 3.88. The zero-order valence-corrected chi connectivity index (χ0v) is 16.5. The molecule has 138 valence electrons. The number of hydrogen-bond donors (Lipinski definition) is 0. The van der Waals surface area contributed by atoms with Crippen molar-refractivity contribution in [2.24, 2.45) is 0 Å². The number of ether oxygens (including phenoxy) is 1. The van der Waals surface area contributed by atoms with Crippen LogP contribution in [0.4, 0.5) is 10.5 Å².